The maximum Gasteiger partial charge on any atom is 0.343 e. The minimum absolute atomic E-state index is 0.300. The Kier molecular flexibility index (Phi) is 5.69. The minimum Gasteiger partial charge on any atom is -0.492 e. The third-order valence-corrected chi connectivity index (χ3v) is 3.82. The summed E-state index contributed by atoms with van der Waals surface area (Å²) in [4.78, 5) is 16.5. The average molecular weight is 351 g/mol. The molecule has 0 saturated heterocycles. The molecule has 0 bridgehead atoms. The fourth-order valence-electron chi connectivity index (χ4n) is 2.63. The molecule has 5 heteroatoms. The van der Waals surface area contributed by atoms with Crippen LogP contribution in [0.1, 0.15) is 29.8 Å². The molecule has 0 unspecified atom stereocenters. The fraction of sp³-hybridized carbons (Fsp3) is 0.238. The Morgan fingerprint density at radius 2 is 1.81 bits per heavy atom. The standard InChI is InChI=1S/C21H21NO4/c1-3-24-20-17-11-10-16(26-14-15-8-6-5-7-9-15)12-19(17)22-13-18(20)21(23)25-4-2/h5-13H,3-4,14H2,1-2H3. The average Bonchev–Trinajstić information content (AvgIpc) is 2.67. The lowest BCUT2D eigenvalue weighted by Crippen LogP contribution is -2.09. The molecule has 0 N–H and O–H groups in total. The number of fused-ring (bicyclic) bond motifs is 1. The van der Waals surface area contributed by atoms with Gasteiger partial charge in [0.2, 0.25) is 0 Å². The molecule has 0 amide bonds. The predicted molar refractivity (Wildman–Crippen MR) is 99.6 cm³/mol. The van der Waals surface area contributed by atoms with E-state index in [9.17, 15) is 4.79 Å². The fourth-order valence-corrected chi connectivity index (χ4v) is 2.63. The van der Waals surface area contributed by atoms with E-state index >= 15 is 0 Å². The van der Waals surface area contributed by atoms with Crippen LogP contribution in [-0.4, -0.2) is 24.2 Å². The second kappa shape index (κ2) is 8.34. The smallest absolute Gasteiger partial charge is 0.343 e. The Labute approximate surface area is 152 Å². The van der Waals surface area contributed by atoms with Gasteiger partial charge in [0.1, 0.15) is 23.7 Å². The van der Waals surface area contributed by atoms with Gasteiger partial charge < -0.3 is 14.2 Å². The molecule has 0 atom stereocenters. The van der Waals surface area contributed by atoms with Gasteiger partial charge in [-0.15, -0.1) is 0 Å². The number of hydrogen-bond donors (Lipinski definition) is 0. The van der Waals surface area contributed by atoms with Crippen LogP contribution in [0.3, 0.4) is 0 Å². The molecular weight excluding hydrogens is 330 g/mol. The van der Waals surface area contributed by atoms with Gasteiger partial charge in [-0.1, -0.05) is 30.3 Å². The summed E-state index contributed by atoms with van der Waals surface area (Å²) in [6, 6.07) is 15.5. The van der Waals surface area contributed by atoms with E-state index < -0.39 is 5.97 Å². The van der Waals surface area contributed by atoms with Gasteiger partial charge in [0.15, 0.2) is 0 Å². The number of esters is 1. The zero-order valence-corrected chi connectivity index (χ0v) is 14.9. The Morgan fingerprint density at radius 3 is 2.54 bits per heavy atom. The number of hydrogen-bond acceptors (Lipinski definition) is 5. The first-order valence-corrected chi connectivity index (χ1v) is 8.62. The van der Waals surface area contributed by atoms with Crippen molar-refractivity contribution in [3.05, 3.63) is 65.9 Å². The van der Waals surface area contributed by atoms with Crippen molar-refractivity contribution in [2.24, 2.45) is 0 Å². The summed E-state index contributed by atoms with van der Waals surface area (Å²) in [5, 5.41) is 0.754. The van der Waals surface area contributed by atoms with Crippen molar-refractivity contribution in [2.45, 2.75) is 20.5 Å². The molecule has 1 heterocycles. The van der Waals surface area contributed by atoms with Gasteiger partial charge in [0.25, 0.3) is 0 Å². The molecule has 0 aliphatic carbocycles. The first kappa shape index (κ1) is 17.7. The van der Waals surface area contributed by atoms with Crippen LogP contribution in [0.25, 0.3) is 10.9 Å². The molecule has 26 heavy (non-hydrogen) atoms. The largest absolute Gasteiger partial charge is 0.492 e. The molecule has 1 aromatic heterocycles. The lowest BCUT2D eigenvalue weighted by molar-refractivity contribution is 0.0522. The second-order valence-corrected chi connectivity index (χ2v) is 5.61. The van der Waals surface area contributed by atoms with Gasteiger partial charge in [0.05, 0.1) is 18.7 Å². The number of benzene rings is 2. The number of rotatable bonds is 7. The summed E-state index contributed by atoms with van der Waals surface area (Å²) in [5.41, 5.74) is 2.12. The lowest BCUT2D eigenvalue weighted by Gasteiger charge is -2.13. The van der Waals surface area contributed by atoms with Crippen molar-refractivity contribution in [2.75, 3.05) is 13.2 Å². The van der Waals surface area contributed by atoms with Crippen LogP contribution in [0.5, 0.6) is 11.5 Å². The summed E-state index contributed by atoms with van der Waals surface area (Å²) in [7, 11) is 0. The Bertz CT molecular complexity index is 893. The van der Waals surface area contributed by atoms with E-state index in [-0.39, 0.29) is 0 Å². The summed E-state index contributed by atoms with van der Waals surface area (Å²) in [5.74, 6) is 0.764. The van der Waals surface area contributed by atoms with Gasteiger partial charge in [-0.25, -0.2) is 4.79 Å². The van der Waals surface area contributed by atoms with Gasteiger partial charge >= 0.3 is 5.97 Å². The van der Waals surface area contributed by atoms with E-state index in [1.165, 1.54) is 6.20 Å². The number of nitrogens with zero attached hydrogens (tertiary/aromatic N) is 1. The summed E-state index contributed by atoms with van der Waals surface area (Å²) in [6.07, 6.45) is 1.49. The molecule has 2 aromatic carbocycles. The van der Waals surface area contributed by atoms with Crippen molar-refractivity contribution in [3.63, 3.8) is 0 Å². The highest BCUT2D eigenvalue weighted by Crippen LogP contribution is 2.31. The summed E-state index contributed by atoms with van der Waals surface area (Å²) >= 11 is 0. The Morgan fingerprint density at radius 1 is 1.00 bits per heavy atom. The minimum atomic E-state index is -0.435. The van der Waals surface area contributed by atoms with Crippen LogP contribution >= 0.6 is 0 Å². The van der Waals surface area contributed by atoms with Crippen LogP contribution in [0.15, 0.2) is 54.7 Å². The predicted octanol–water partition coefficient (Wildman–Crippen LogP) is 4.39. The normalized spacial score (nSPS) is 10.5. The topological polar surface area (TPSA) is 57.7 Å². The highest BCUT2D eigenvalue weighted by molar-refractivity contribution is 5.99. The van der Waals surface area contributed by atoms with Gasteiger partial charge in [-0.2, -0.15) is 0 Å². The third kappa shape index (κ3) is 3.94. The molecule has 3 aromatic rings. The second-order valence-electron chi connectivity index (χ2n) is 5.61. The van der Waals surface area contributed by atoms with Crippen LogP contribution in [0, 0.1) is 0 Å². The SMILES string of the molecule is CCOC(=O)c1cnc2cc(OCc3ccccc3)ccc2c1OCC. The van der Waals surface area contributed by atoms with Crippen molar-refractivity contribution in [1.29, 1.82) is 0 Å². The van der Waals surface area contributed by atoms with E-state index in [1.807, 2.05) is 55.5 Å². The summed E-state index contributed by atoms with van der Waals surface area (Å²) < 4.78 is 16.6. The zero-order valence-electron chi connectivity index (χ0n) is 14.9. The number of aromatic nitrogens is 1. The monoisotopic (exact) mass is 351 g/mol. The lowest BCUT2D eigenvalue weighted by atomic mass is 10.1. The van der Waals surface area contributed by atoms with Crippen LogP contribution in [0.2, 0.25) is 0 Å². The molecule has 134 valence electrons. The van der Waals surface area contributed by atoms with Crippen LogP contribution < -0.4 is 9.47 Å². The van der Waals surface area contributed by atoms with E-state index in [1.54, 1.807) is 6.92 Å². The molecule has 0 fully saturated rings. The van der Waals surface area contributed by atoms with E-state index in [4.69, 9.17) is 14.2 Å². The molecule has 0 aliphatic heterocycles. The Balaban J connectivity index is 1.90. The van der Waals surface area contributed by atoms with E-state index in [0.717, 1.165) is 10.9 Å². The van der Waals surface area contributed by atoms with Gasteiger partial charge in [0, 0.05) is 17.6 Å². The maximum atomic E-state index is 12.1. The maximum absolute atomic E-state index is 12.1. The van der Waals surface area contributed by atoms with Crippen LogP contribution in [0.4, 0.5) is 0 Å². The van der Waals surface area contributed by atoms with Crippen molar-refractivity contribution in [1.82, 2.24) is 4.98 Å². The molecule has 5 nitrogen and oxygen atoms in total. The zero-order chi connectivity index (χ0) is 18.4. The van der Waals surface area contributed by atoms with Crippen molar-refractivity contribution >= 4 is 16.9 Å². The number of pyridine rings is 1. The first-order valence-electron chi connectivity index (χ1n) is 8.62. The Hall–Kier alpha value is -3.08. The molecule has 0 spiro atoms. The van der Waals surface area contributed by atoms with Crippen molar-refractivity contribution < 1.29 is 19.0 Å². The number of carbonyl (C=O) groups is 1. The van der Waals surface area contributed by atoms with Gasteiger partial charge in [-0.3, -0.25) is 4.98 Å². The molecule has 3 rings (SSSR count). The molecular formula is C21H21NO4. The van der Waals surface area contributed by atoms with E-state index in [2.05, 4.69) is 4.98 Å². The molecule has 0 radical (unpaired) electrons. The van der Waals surface area contributed by atoms with Crippen molar-refractivity contribution in [3.8, 4) is 11.5 Å². The summed E-state index contributed by atoms with van der Waals surface area (Å²) in [6.45, 7) is 4.86. The molecule has 0 saturated carbocycles. The van der Waals surface area contributed by atoms with Gasteiger partial charge in [-0.05, 0) is 31.5 Å². The first-order chi connectivity index (χ1) is 12.7. The van der Waals surface area contributed by atoms with Crippen LogP contribution in [-0.2, 0) is 11.3 Å². The third-order valence-electron chi connectivity index (χ3n) is 3.82. The number of ether oxygens (including phenoxy) is 3. The van der Waals surface area contributed by atoms with E-state index in [0.29, 0.717) is 42.4 Å². The highest BCUT2D eigenvalue weighted by atomic mass is 16.5. The highest BCUT2D eigenvalue weighted by Gasteiger charge is 2.18. The quantitative estimate of drug-likeness (QED) is 0.591. The molecule has 0 aliphatic rings. The number of carbonyl (C=O) groups excluding carboxylic acids is 1.